The average Bonchev–Trinajstić information content (AvgIpc) is 2.76. The SMILES string of the molecule is CCCCCCCCCCCC(C(=O)O)C(=O)O.O=C(O)CCCCCCCCCCC(=O)O. The Morgan fingerprint density at radius 3 is 1.06 bits per heavy atom. The Morgan fingerprint density at radius 1 is 0.471 bits per heavy atom. The maximum absolute atomic E-state index is 10.6. The van der Waals surface area contributed by atoms with E-state index in [2.05, 4.69) is 6.92 Å². The third-order valence-electron chi connectivity index (χ3n) is 5.72. The zero-order valence-corrected chi connectivity index (χ0v) is 21.1. The Morgan fingerprint density at radius 2 is 0.765 bits per heavy atom. The summed E-state index contributed by atoms with van der Waals surface area (Å²) in [5.74, 6) is -5.10. The van der Waals surface area contributed by atoms with Gasteiger partial charge in [-0.05, 0) is 19.3 Å². The van der Waals surface area contributed by atoms with Crippen LogP contribution in [0.25, 0.3) is 0 Å². The van der Waals surface area contributed by atoms with Gasteiger partial charge in [0.15, 0.2) is 5.92 Å². The molecular weight excluding hydrogens is 440 g/mol. The average molecular weight is 489 g/mol. The highest BCUT2D eigenvalue weighted by molar-refractivity contribution is 5.92. The normalized spacial score (nSPS) is 10.5. The molecule has 0 unspecified atom stereocenters. The van der Waals surface area contributed by atoms with Crippen LogP contribution in [0, 0.1) is 5.92 Å². The maximum atomic E-state index is 10.6. The van der Waals surface area contributed by atoms with Gasteiger partial charge in [-0.1, -0.05) is 103 Å². The third kappa shape index (κ3) is 27.9. The minimum atomic E-state index is -1.23. The fourth-order valence-corrected chi connectivity index (χ4v) is 3.62. The smallest absolute Gasteiger partial charge is 0.317 e. The van der Waals surface area contributed by atoms with Crippen LogP contribution in [-0.2, 0) is 19.2 Å². The Balaban J connectivity index is 0. The number of carboxylic acid groups (broad SMARTS) is 4. The van der Waals surface area contributed by atoms with E-state index in [1.165, 1.54) is 38.5 Å². The minimum absolute atomic E-state index is 0.250. The number of aliphatic carboxylic acids is 4. The van der Waals surface area contributed by atoms with Gasteiger partial charge in [-0.3, -0.25) is 19.2 Å². The summed E-state index contributed by atoms with van der Waals surface area (Å²) in [6.45, 7) is 2.20. The number of carbonyl (C=O) groups is 4. The van der Waals surface area contributed by atoms with Gasteiger partial charge in [0.1, 0.15) is 0 Å². The standard InChI is InChI=1S/C14H26O4.C12H22O4/c1-2-3-4-5-6-7-8-9-10-11-12(13(15)16)14(17)18;13-11(14)9-7-5-3-1-2-4-6-8-10-12(15)16/h12H,2-11H2,1H3,(H,15,16)(H,17,18);1-10H2,(H,13,14)(H,15,16). The zero-order chi connectivity index (χ0) is 26.0. The Bertz CT molecular complexity index is 497. The summed E-state index contributed by atoms with van der Waals surface area (Å²) in [5.41, 5.74) is 0. The van der Waals surface area contributed by atoms with Gasteiger partial charge in [-0.2, -0.15) is 0 Å². The molecule has 0 saturated heterocycles. The molecule has 0 aromatic carbocycles. The minimum Gasteiger partial charge on any atom is -0.481 e. The fraction of sp³-hybridized carbons (Fsp3) is 0.846. The van der Waals surface area contributed by atoms with Gasteiger partial charge in [-0.15, -0.1) is 0 Å². The lowest BCUT2D eigenvalue weighted by molar-refractivity contribution is -0.155. The van der Waals surface area contributed by atoms with Crippen molar-refractivity contribution in [3.63, 3.8) is 0 Å². The van der Waals surface area contributed by atoms with E-state index in [0.717, 1.165) is 64.2 Å². The van der Waals surface area contributed by atoms with Crippen molar-refractivity contribution in [3.8, 4) is 0 Å². The van der Waals surface area contributed by atoms with Crippen molar-refractivity contribution < 1.29 is 39.6 Å². The quantitative estimate of drug-likeness (QED) is 0.0911. The summed E-state index contributed by atoms with van der Waals surface area (Å²) in [4.78, 5) is 41.7. The summed E-state index contributed by atoms with van der Waals surface area (Å²) >= 11 is 0. The monoisotopic (exact) mass is 488 g/mol. The van der Waals surface area contributed by atoms with Crippen molar-refractivity contribution in [1.82, 2.24) is 0 Å². The molecule has 0 aliphatic carbocycles. The Labute approximate surface area is 205 Å². The fourth-order valence-electron chi connectivity index (χ4n) is 3.62. The van der Waals surface area contributed by atoms with E-state index in [0.29, 0.717) is 6.42 Å². The topological polar surface area (TPSA) is 149 Å². The van der Waals surface area contributed by atoms with E-state index in [1.54, 1.807) is 0 Å². The van der Waals surface area contributed by atoms with Crippen molar-refractivity contribution in [3.05, 3.63) is 0 Å². The van der Waals surface area contributed by atoms with Crippen molar-refractivity contribution in [2.75, 3.05) is 0 Å². The molecule has 0 aromatic rings. The zero-order valence-electron chi connectivity index (χ0n) is 21.1. The van der Waals surface area contributed by atoms with Crippen molar-refractivity contribution in [2.24, 2.45) is 5.92 Å². The summed E-state index contributed by atoms with van der Waals surface area (Å²) in [5, 5.41) is 34.2. The summed E-state index contributed by atoms with van der Waals surface area (Å²) < 4.78 is 0. The first kappa shape index (κ1) is 34.0. The molecule has 0 aliphatic rings. The summed E-state index contributed by atoms with van der Waals surface area (Å²) in [7, 11) is 0. The molecule has 0 amide bonds. The molecule has 4 N–H and O–H groups in total. The molecule has 200 valence electrons. The lowest BCUT2D eigenvalue weighted by atomic mass is 10.00. The van der Waals surface area contributed by atoms with E-state index in [1.807, 2.05) is 0 Å². The molecule has 0 radical (unpaired) electrons. The Hall–Kier alpha value is -2.12. The second-order valence-electron chi connectivity index (χ2n) is 8.96. The van der Waals surface area contributed by atoms with E-state index in [4.69, 9.17) is 20.4 Å². The van der Waals surface area contributed by atoms with Crippen LogP contribution in [0.4, 0.5) is 0 Å². The summed E-state index contributed by atoms with van der Waals surface area (Å²) in [6, 6.07) is 0. The number of carboxylic acids is 4. The first-order chi connectivity index (χ1) is 16.2. The molecule has 0 saturated carbocycles. The molecule has 0 aliphatic heterocycles. The molecule has 8 nitrogen and oxygen atoms in total. The van der Waals surface area contributed by atoms with Crippen LogP contribution < -0.4 is 0 Å². The molecule has 0 heterocycles. The van der Waals surface area contributed by atoms with Gasteiger partial charge in [0.25, 0.3) is 0 Å². The molecule has 0 fully saturated rings. The molecule has 0 atom stereocenters. The van der Waals surface area contributed by atoms with Gasteiger partial charge in [0, 0.05) is 12.8 Å². The highest BCUT2D eigenvalue weighted by Crippen LogP contribution is 2.14. The van der Waals surface area contributed by atoms with Gasteiger partial charge in [0.2, 0.25) is 0 Å². The van der Waals surface area contributed by atoms with Crippen molar-refractivity contribution in [2.45, 2.75) is 135 Å². The van der Waals surface area contributed by atoms with Crippen LogP contribution in [0.5, 0.6) is 0 Å². The molecule has 8 heteroatoms. The maximum Gasteiger partial charge on any atom is 0.317 e. The molecule has 0 rings (SSSR count). The van der Waals surface area contributed by atoms with Crippen molar-refractivity contribution in [1.29, 1.82) is 0 Å². The van der Waals surface area contributed by atoms with E-state index in [9.17, 15) is 19.2 Å². The lowest BCUT2D eigenvalue weighted by Crippen LogP contribution is -2.23. The van der Waals surface area contributed by atoms with Crippen LogP contribution in [0.15, 0.2) is 0 Å². The lowest BCUT2D eigenvalue weighted by Gasteiger charge is -2.06. The van der Waals surface area contributed by atoms with E-state index in [-0.39, 0.29) is 19.3 Å². The van der Waals surface area contributed by atoms with E-state index < -0.39 is 29.8 Å². The molecule has 0 spiro atoms. The highest BCUT2D eigenvalue weighted by atomic mass is 16.4. The van der Waals surface area contributed by atoms with E-state index >= 15 is 0 Å². The number of rotatable bonds is 23. The number of hydrogen-bond donors (Lipinski definition) is 4. The van der Waals surface area contributed by atoms with Crippen LogP contribution >= 0.6 is 0 Å². The molecule has 0 aromatic heterocycles. The summed E-state index contributed by atoms with van der Waals surface area (Å²) in [6.07, 6.45) is 19.0. The van der Waals surface area contributed by atoms with Gasteiger partial charge in [-0.25, -0.2) is 0 Å². The van der Waals surface area contributed by atoms with Crippen LogP contribution in [0.3, 0.4) is 0 Å². The predicted octanol–water partition coefficient (Wildman–Crippen LogP) is 6.75. The third-order valence-corrected chi connectivity index (χ3v) is 5.72. The highest BCUT2D eigenvalue weighted by Gasteiger charge is 2.24. The van der Waals surface area contributed by atoms with Crippen molar-refractivity contribution >= 4 is 23.9 Å². The van der Waals surface area contributed by atoms with Gasteiger partial charge >= 0.3 is 23.9 Å². The van der Waals surface area contributed by atoms with Gasteiger partial charge in [0.05, 0.1) is 0 Å². The molecule has 34 heavy (non-hydrogen) atoms. The van der Waals surface area contributed by atoms with Crippen LogP contribution in [0.1, 0.15) is 135 Å². The largest absolute Gasteiger partial charge is 0.481 e. The molecule has 0 bridgehead atoms. The first-order valence-corrected chi connectivity index (χ1v) is 13.1. The number of unbranched alkanes of at least 4 members (excludes halogenated alkanes) is 15. The van der Waals surface area contributed by atoms with Crippen LogP contribution in [-0.4, -0.2) is 44.3 Å². The second-order valence-corrected chi connectivity index (χ2v) is 8.96. The van der Waals surface area contributed by atoms with Crippen LogP contribution in [0.2, 0.25) is 0 Å². The first-order valence-electron chi connectivity index (χ1n) is 13.1. The molecular formula is C26H48O8. The predicted molar refractivity (Wildman–Crippen MR) is 132 cm³/mol. The van der Waals surface area contributed by atoms with Gasteiger partial charge < -0.3 is 20.4 Å². The second kappa shape index (κ2) is 25.5. The Kier molecular flexibility index (Phi) is 25.5. The number of hydrogen-bond acceptors (Lipinski definition) is 4.